The summed E-state index contributed by atoms with van der Waals surface area (Å²) >= 11 is 3.18. The number of aromatic nitrogens is 1. The Morgan fingerprint density at radius 3 is 2.84 bits per heavy atom. The van der Waals surface area contributed by atoms with Gasteiger partial charge in [0.2, 0.25) is 5.82 Å². The second-order valence-corrected chi connectivity index (χ2v) is 5.04. The first kappa shape index (κ1) is 13.5. The summed E-state index contributed by atoms with van der Waals surface area (Å²) in [5.41, 5.74) is -0.0415. The quantitative estimate of drug-likeness (QED) is 0.637. The van der Waals surface area contributed by atoms with E-state index in [9.17, 15) is 10.1 Å². The fraction of sp³-hybridized carbons (Fsp3) is 0.250. The van der Waals surface area contributed by atoms with Crippen LogP contribution in [0, 0.1) is 17.0 Å². The van der Waals surface area contributed by atoms with Crippen LogP contribution in [-0.2, 0) is 6.54 Å². The van der Waals surface area contributed by atoms with E-state index in [1.54, 1.807) is 11.9 Å². The van der Waals surface area contributed by atoms with E-state index in [1.165, 1.54) is 12.3 Å². The van der Waals surface area contributed by atoms with Crippen LogP contribution < -0.4 is 4.90 Å². The van der Waals surface area contributed by atoms with Crippen molar-refractivity contribution in [3.63, 3.8) is 0 Å². The van der Waals surface area contributed by atoms with Crippen LogP contribution in [0.15, 0.2) is 33.3 Å². The van der Waals surface area contributed by atoms with Crippen LogP contribution in [0.25, 0.3) is 0 Å². The zero-order valence-corrected chi connectivity index (χ0v) is 12.0. The van der Waals surface area contributed by atoms with Gasteiger partial charge >= 0.3 is 5.69 Å². The van der Waals surface area contributed by atoms with Crippen LogP contribution >= 0.6 is 15.9 Å². The highest BCUT2D eigenvalue weighted by Gasteiger charge is 2.20. The van der Waals surface area contributed by atoms with Crippen molar-refractivity contribution in [1.82, 2.24) is 4.98 Å². The topological polar surface area (TPSA) is 72.4 Å². The van der Waals surface area contributed by atoms with E-state index in [0.717, 1.165) is 11.5 Å². The normalized spacial score (nSPS) is 10.5. The van der Waals surface area contributed by atoms with Crippen LogP contribution in [0.1, 0.15) is 11.5 Å². The minimum Gasteiger partial charge on any atom is -0.464 e. The Kier molecular flexibility index (Phi) is 3.84. The maximum atomic E-state index is 11.0. The van der Waals surface area contributed by atoms with E-state index in [4.69, 9.17) is 4.42 Å². The number of halogens is 1. The predicted molar refractivity (Wildman–Crippen MR) is 74.1 cm³/mol. The number of hydrogen-bond donors (Lipinski definition) is 0. The van der Waals surface area contributed by atoms with Crippen LogP contribution in [0.4, 0.5) is 11.5 Å². The summed E-state index contributed by atoms with van der Waals surface area (Å²) in [4.78, 5) is 16.4. The largest absolute Gasteiger partial charge is 0.464 e. The highest BCUT2D eigenvalue weighted by atomic mass is 79.9. The lowest BCUT2D eigenvalue weighted by molar-refractivity contribution is -0.384. The second kappa shape index (κ2) is 5.40. The molecule has 6 nitrogen and oxygen atoms in total. The van der Waals surface area contributed by atoms with E-state index in [0.29, 0.717) is 16.8 Å². The molecule has 100 valence electrons. The van der Waals surface area contributed by atoms with E-state index in [-0.39, 0.29) is 5.69 Å². The lowest BCUT2D eigenvalue weighted by Crippen LogP contribution is -2.18. The molecule has 0 bridgehead atoms. The minimum absolute atomic E-state index is 0.0415. The number of nitrogens with zero attached hydrogens (tertiary/aromatic N) is 3. The standard InChI is InChI=1S/C12H12BrN3O3/c1-8-3-4-10(19-8)7-15(2)12-11(16(17)18)5-9(13)6-14-12/h3-6H,7H2,1-2H3. The molecule has 0 aliphatic carbocycles. The van der Waals surface area contributed by atoms with Gasteiger partial charge in [-0.15, -0.1) is 0 Å². The Morgan fingerprint density at radius 1 is 1.53 bits per heavy atom. The lowest BCUT2D eigenvalue weighted by atomic mass is 10.3. The number of hydrogen-bond acceptors (Lipinski definition) is 5. The van der Waals surface area contributed by atoms with Crippen molar-refractivity contribution in [2.75, 3.05) is 11.9 Å². The minimum atomic E-state index is -0.447. The summed E-state index contributed by atoms with van der Waals surface area (Å²) in [6.45, 7) is 2.27. The first-order valence-electron chi connectivity index (χ1n) is 5.54. The summed E-state index contributed by atoms with van der Waals surface area (Å²) in [7, 11) is 1.74. The van der Waals surface area contributed by atoms with Crippen molar-refractivity contribution in [2.45, 2.75) is 13.5 Å². The molecule has 0 atom stereocenters. The van der Waals surface area contributed by atoms with Crippen molar-refractivity contribution in [1.29, 1.82) is 0 Å². The lowest BCUT2D eigenvalue weighted by Gasteiger charge is -2.16. The van der Waals surface area contributed by atoms with Gasteiger partial charge in [-0.2, -0.15) is 0 Å². The Morgan fingerprint density at radius 2 is 2.26 bits per heavy atom. The highest BCUT2D eigenvalue weighted by Crippen LogP contribution is 2.28. The van der Waals surface area contributed by atoms with Gasteiger partial charge in [-0.05, 0) is 35.0 Å². The van der Waals surface area contributed by atoms with E-state index in [2.05, 4.69) is 20.9 Å². The van der Waals surface area contributed by atoms with Gasteiger partial charge in [0.05, 0.1) is 11.5 Å². The fourth-order valence-corrected chi connectivity index (χ4v) is 2.05. The third-order valence-electron chi connectivity index (χ3n) is 2.56. The zero-order chi connectivity index (χ0) is 14.0. The molecule has 0 saturated carbocycles. The number of aryl methyl sites for hydroxylation is 1. The van der Waals surface area contributed by atoms with Gasteiger partial charge in [0.15, 0.2) is 0 Å². The molecule has 0 N–H and O–H groups in total. The molecule has 2 aromatic rings. The number of nitro groups is 1. The van der Waals surface area contributed by atoms with Gasteiger partial charge in [0.25, 0.3) is 0 Å². The molecule has 0 aliphatic rings. The number of rotatable bonds is 4. The first-order valence-corrected chi connectivity index (χ1v) is 6.33. The van der Waals surface area contributed by atoms with Gasteiger partial charge in [0, 0.05) is 23.8 Å². The molecule has 2 rings (SSSR count). The summed E-state index contributed by atoms with van der Waals surface area (Å²) in [6, 6.07) is 5.13. The smallest absolute Gasteiger partial charge is 0.312 e. The van der Waals surface area contributed by atoms with Crippen LogP contribution in [0.3, 0.4) is 0 Å². The number of anilines is 1. The molecule has 7 heteroatoms. The van der Waals surface area contributed by atoms with Gasteiger partial charge in [0.1, 0.15) is 11.5 Å². The second-order valence-electron chi connectivity index (χ2n) is 4.12. The first-order chi connectivity index (χ1) is 8.97. The highest BCUT2D eigenvalue weighted by molar-refractivity contribution is 9.10. The Hall–Kier alpha value is -1.89. The Bertz CT molecular complexity index is 612. The van der Waals surface area contributed by atoms with Crippen molar-refractivity contribution in [3.8, 4) is 0 Å². The fourth-order valence-electron chi connectivity index (χ4n) is 1.73. The molecular weight excluding hydrogens is 314 g/mol. The van der Waals surface area contributed by atoms with E-state index < -0.39 is 4.92 Å². The zero-order valence-electron chi connectivity index (χ0n) is 10.5. The van der Waals surface area contributed by atoms with E-state index in [1.807, 2.05) is 19.1 Å². The predicted octanol–water partition coefficient (Wildman–Crippen LogP) is 3.29. The van der Waals surface area contributed by atoms with Crippen molar-refractivity contribution in [3.05, 3.63) is 50.5 Å². The molecule has 0 aliphatic heterocycles. The number of pyridine rings is 1. The Balaban J connectivity index is 2.28. The molecular formula is C12H12BrN3O3. The molecule has 0 fully saturated rings. The van der Waals surface area contributed by atoms with E-state index >= 15 is 0 Å². The average Bonchev–Trinajstić information content (AvgIpc) is 2.74. The van der Waals surface area contributed by atoms with Crippen molar-refractivity contribution < 1.29 is 9.34 Å². The molecule has 0 amide bonds. The third kappa shape index (κ3) is 3.11. The van der Waals surface area contributed by atoms with Crippen molar-refractivity contribution in [2.24, 2.45) is 0 Å². The molecule has 2 heterocycles. The molecule has 0 unspecified atom stereocenters. The summed E-state index contributed by atoms with van der Waals surface area (Å²) in [5.74, 6) is 1.85. The van der Waals surface area contributed by atoms with Crippen LogP contribution in [-0.4, -0.2) is 17.0 Å². The molecule has 0 radical (unpaired) electrons. The molecule has 0 spiro atoms. The SMILES string of the molecule is Cc1ccc(CN(C)c2ncc(Br)cc2[N+](=O)[O-])o1. The number of furan rings is 1. The van der Waals surface area contributed by atoms with Gasteiger partial charge in [-0.1, -0.05) is 0 Å². The van der Waals surface area contributed by atoms with Gasteiger partial charge < -0.3 is 9.32 Å². The Labute approximate surface area is 118 Å². The van der Waals surface area contributed by atoms with Crippen molar-refractivity contribution >= 4 is 27.4 Å². The van der Waals surface area contributed by atoms with Gasteiger partial charge in [-0.3, -0.25) is 10.1 Å². The third-order valence-corrected chi connectivity index (χ3v) is 2.99. The van der Waals surface area contributed by atoms with Crippen LogP contribution in [0.5, 0.6) is 0 Å². The molecule has 2 aromatic heterocycles. The monoisotopic (exact) mass is 325 g/mol. The molecule has 0 aromatic carbocycles. The summed E-state index contributed by atoms with van der Waals surface area (Å²) < 4.78 is 6.03. The summed E-state index contributed by atoms with van der Waals surface area (Å²) in [6.07, 6.45) is 1.53. The average molecular weight is 326 g/mol. The molecule has 19 heavy (non-hydrogen) atoms. The van der Waals surface area contributed by atoms with Gasteiger partial charge in [-0.25, -0.2) is 4.98 Å². The maximum Gasteiger partial charge on any atom is 0.312 e. The van der Waals surface area contributed by atoms with Crippen LogP contribution in [0.2, 0.25) is 0 Å². The molecule has 0 saturated heterocycles. The maximum absolute atomic E-state index is 11.0. The summed E-state index contributed by atoms with van der Waals surface area (Å²) in [5, 5.41) is 11.0.